The highest BCUT2D eigenvalue weighted by molar-refractivity contribution is 5.24. The largest absolute Gasteiger partial charge is 0.330 e. The van der Waals surface area contributed by atoms with Crippen molar-refractivity contribution in [1.29, 1.82) is 0 Å². The number of aromatic nitrogens is 4. The lowest BCUT2D eigenvalue weighted by Crippen LogP contribution is -2.51. The smallest absolute Gasteiger partial charge is 0.149 e. The van der Waals surface area contributed by atoms with Crippen molar-refractivity contribution in [2.45, 2.75) is 32.6 Å². The number of tetrazole rings is 1. The molecule has 5 heteroatoms. The van der Waals surface area contributed by atoms with Gasteiger partial charge in [-0.2, -0.15) is 0 Å². The fourth-order valence-corrected chi connectivity index (χ4v) is 3.63. The highest BCUT2D eigenvalue weighted by atomic mass is 15.5. The molecule has 1 heterocycles. The number of nitrogens with zero attached hydrogens (tertiary/aromatic N) is 3. The van der Waals surface area contributed by atoms with Gasteiger partial charge in [0, 0.05) is 6.42 Å². The van der Waals surface area contributed by atoms with Gasteiger partial charge in [-0.25, -0.2) is 5.10 Å². The zero-order chi connectivity index (χ0) is 11.9. The summed E-state index contributed by atoms with van der Waals surface area (Å²) in [5.74, 6) is 2.34. The van der Waals surface area contributed by atoms with E-state index in [2.05, 4.69) is 33.6 Å². The van der Waals surface area contributed by atoms with Gasteiger partial charge in [-0.1, -0.05) is 18.6 Å². The van der Waals surface area contributed by atoms with Gasteiger partial charge < -0.3 is 5.73 Å². The van der Waals surface area contributed by atoms with Crippen LogP contribution in [0.25, 0.3) is 0 Å². The Morgan fingerprint density at radius 3 is 3.12 bits per heavy atom. The van der Waals surface area contributed by atoms with Crippen molar-refractivity contribution >= 4 is 0 Å². The highest BCUT2D eigenvalue weighted by Gasteiger charge is 2.54. The highest BCUT2D eigenvalue weighted by Crippen LogP contribution is 2.58. The summed E-state index contributed by atoms with van der Waals surface area (Å²) in [7, 11) is 0. The summed E-state index contributed by atoms with van der Waals surface area (Å²) < 4.78 is 0. The van der Waals surface area contributed by atoms with Crippen LogP contribution in [-0.2, 0) is 6.42 Å². The Hall–Kier alpha value is -1.23. The Kier molecular flexibility index (Phi) is 2.50. The normalized spacial score (nSPS) is 35.3. The predicted molar refractivity (Wildman–Crippen MR) is 64.0 cm³/mol. The van der Waals surface area contributed by atoms with Crippen molar-refractivity contribution in [3.05, 3.63) is 17.5 Å². The Labute approximate surface area is 101 Å². The minimum Gasteiger partial charge on any atom is -0.330 e. The number of allylic oxidation sites excluding steroid dienone is 2. The molecular formula is C12H19N5. The molecule has 3 N–H and O–H groups in total. The molecule has 1 unspecified atom stereocenters. The number of fused-ring (bicyclic) bond motifs is 1. The first-order valence-corrected chi connectivity index (χ1v) is 6.39. The summed E-state index contributed by atoms with van der Waals surface area (Å²) >= 11 is 0. The molecule has 17 heavy (non-hydrogen) atoms. The first-order valence-electron chi connectivity index (χ1n) is 6.39. The molecule has 0 amide bonds. The van der Waals surface area contributed by atoms with Crippen molar-refractivity contribution < 1.29 is 0 Å². The topological polar surface area (TPSA) is 80.5 Å². The van der Waals surface area contributed by atoms with Crippen LogP contribution in [0.15, 0.2) is 11.6 Å². The van der Waals surface area contributed by atoms with E-state index in [1.54, 1.807) is 5.57 Å². The molecule has 1 saturated carbocycles. The van der Waals surface area contributed by atoms with Crippen molar-refractivity contribution in [3.63, 3.8) is 0 Å². The van der Waals surface area contributed by atoms with Gasteiger partial charge in [0.2, 0.25) is 0 Å². The number of rotatable bonds is 4. The second-order valence-corrected chi connectivity index (χ2v) is 5.46. The molecule has 2 aliphatic rings. The second-order valence-electron chi connectivity index (χ2n) is 5.46. The van der Waals surface area contributed by atoms with E-state index < -0.39 is 0 Å². The summed E-state index contributed by atoms with van der Waals surface area (Å²) in [5, 5.41) is 14.1. The zero-order valence-corrected chi connectivity index (χ0v) is 10.2. The molecule has 0 aromatic carbocycles. The third kappa shape index (κ3) is 1.60. The van der Waals surface area contributed by atoms with E-state index in [-0.39, 0.29) is 5.41 Å². The average molecular weight is 233 g/mol. The van der Waals surface area contributed by atoms with Crippen LogP contribution in [0.1, 0.15) is 32.0 Å². The van der Waals surface area contributed by atoms with Gasteiger partial charge in [-0.15, -0.1) is 5.10 Å². The van der Waals surface area contributed by atoms with Crippen molar-refractivity contribution in [2.24, 2.45) is 23.0 Å². The molecule has 1 aromatic heterocycles. The van der Waals surface area contributed by atoms with Crippen LogP contribution in [0.3, 0.4) is 0 Å². The maximum Gasteiger partial charge on any atom is 0.149 e. The molecule has 0 bridgehead atoms. The first kappa shape index (κ1) is 10.9. The van der Waals surface area contributed by atoms with E-state index >= 15 is 0 Å². The lowest BCUT2D eigenvalue weighted by Gasteiger charge is -2.51. The van der Waals surface area contributed by atoms with Crippen LogP contribution < -0.4 is 5.73 Å². The second kappa shape index (κ2) is 3.91. The van der Waals surface area contributed by atoms with Crippen LogP contribution in [0.4, 0.5) is 0 Å². The van der Waals surface area contributed by atoms with Gasteiger partial charge in [0.25, 0.3) is 0 Å². The summed E-state index contributed by atoms with van der Waals surface area (Å²) in [6.45, 7) is 2.96. The molecule has 2 aliphatic carbocycles. The SMILES string of the molecule is CCC1=C[C@@H]2C(C1)C[C@]2(CN)Cc1nnn[nH]1. The van der Waals surface area contributed by atoms with Crippen LogP contribution in [0.2, 0.25) is 0 Å². The summed E-state index contributed by atoms with van der Waals surface area (Å²) in [4.78, 5) is 0. The van der Waals surface area contributed by atoms with Gasteiger partial charge in [0.15, 0.2) is 0 Å². The van der Waals surface area contributed by atoms with E-state index in [0.717, 1.165) is 24.7 Å². The number of H-pyrrole nitrogens is 1. The van der Waals surface area contributed by atoms with Crippen LogP contribution in [-0.4, -0.2) is 27.2 Å². The van der Waals surface area contributed by atoms with E-state index in [9.17, 15) is 0 Å². The molecule has 1 aromatic rings. The lowest BCUT2D eigenvalue weighted by atomic mass is 9.53. The van der Waals surface area contributed by atoms with Gasteiger partial charge in [-0.3, -0.25) is 0 Å². The third-order valence-corrected chi connectivity index (χ3v) is 4.59. The molecule has 3 atom stereocenters. The summed E-state index contributed by atoms with van der Waals surface area (Å²) in [5.41, 5.74) is 7.82. The fourth-order valence-electron chi connectivity index (χ4n) is 3.63. The number of nitrogens with two attached hydrogens (primary N) is 1. The van der Waals surface area contributed by atoms with Gasteiger partial charge in [0.05, 0.1) is 0 Å². The van der Waals surface area contributed by atoms with Crippen LogP contribution in [0.5, 0.6) is 0 Å². The molecule has 1 fully saturated rings. The summed E-state index contributed by atoms with van der Waals surface area (Å²) in [6, 6.07) is 0. The van der Waals surface area contributed by atoms with E-state index in [1.165, 1.54) is 19.3 Å². The number of nitrogens with one attached hydrogen (secondary N) is 1. The number of hydrogen-bond acceptors (Lipinski definition) is 4. The standard InChI is InChI=1S/C12H19N5/c1-2-8-3-9-5-12(7-13,10(9)4-8)6-11-14-16-17-15-11/h4,9-10H,2-3,5-7,13H2,1H3,(H,14,15,16,17)/t9?,10-,12-/m1/s1. The monoisotopic (exact) mass is 233 g/mol. The minimum atomic E-state index is 0.197. The zero-order valence-electron chi connectivity index (χ0n) is 10.2. The molecule has 3 rings (SSSR count). The number of hydrogen-bond donors (Lipinski definition) is 2. The predicted octanol–water partition coefficient (Wildman–Crippen LogP) is 1.06. The van der Waals surface area contributed by atoms with E-state index in [0.29, 0.717) is 5.92 Å². The number of aromatic amines is 1. The lowest BCUT2D eigenvalue weighted by molar-refractivity contribution is 0.00727. The van der Waals surface area contributed by atoms with E-state index in [4.69, 9.17) is 5.73 Å². The maximum absolute atomic E-state index is 6.02. The van der Waals surface area contributed by atoms with Crippen molar-refractivity contribution in [2.75, 3.05) is 6.54 Å². The van der Waals surface area contributed by atoms with Crippen LogP contribution in [0, 0.1) is 17.3 Å². The minimum absolute atomic E-state index is 0.197. The Balaban J connectivity index is 1.79. The van der Waals surface area contributed by atoms with Gasteiger partial charge >= 0.3 is 0 Å². The van der Waals surface area contributed by atoms with Crippen molar-refractivity contribution in [3.8, 4) is 0 Å². The molecule has 5 nitrogen and oxygen atoms in total. The van der Waals surface area contributed by atoms with Gasteiger partial charge in [-0.05, 0) is 53.5 Å². The van der Waals surface area contributed by atoms with Crippen molar-refractivity contribution in [1.82, 2.24) is 20.6 Å². The molecule has 0 aliphatic heterocycles. The van der Waals surface area contributed by atoms with E-state index in [1.807, 2.05) is 0 Å². The Bertz CT molecular complexity index is 424. The third-order valence-electron chi connectivity index (χ3n) is 4.59. The molecule has 0 spiro atoms. The first-order chi connectivity index (χ1) is 8.27. The Morgan fingerprint density at radius 1 is 1.59 bits per heavy atom. The Morgan fingerprint density at radius 2 is 2.47 bits per heavy atom. The maximum atomic E-state index is 6.02. The van der Waals surface area contributed by atoms with Crippen LogP contribution >= 0.6 is 0 Å². The quantitative estimate of drug-likeness (QED) is 0.762. The molecule has 92 valence electrons. The molecule has 0 saturated heterocycles. The average Bonchev–Trinajstić information content (AvgIpc) is 2.94. The molecule has 0 radical (unpaired) electrons. The molecular weight excluding hydrogens is 214 g/mol. The summed E-state index contributed by atoms with van der Waals surface area (Å²) in [6.07, 6.45) is 7.01. The van der Waals surface area contributed by atoms with Gasteiger partial charge in [0.1, 0.15) is 5.82 Å². The fraction of sp³-hybridized carbons (Fsp3) is 0.750.